The Morgan fingerprint density at radius 3 is 2.92 bits per heavy atom. The van der Waals surface area contributed by atoms with Gasteiger partial charge >= 0.3 is 0 Å². The van der Waals surface area contributed by atoms with E-state index < -0.39 is 0 Å². The van der Waals surface area contributed by atoms with Crippen molar-refractivity contribution in [1.82, 2.24) is 24.8 Å². The summed E-state index contributed by atoms with van der Waals surface area (Å²) in [6.45, 7) is 2.24. The van der Waals surface area contributed by atoms with E-state index in [1.807, 2.05) is 47.9 Å². The highest BCUT2D eigenvalue weighted by Crippen LogP contribution is 2.19. The molecule has 0 unspecified atom stereocenters. The summed E-state index contributed by atoms with van der Waals surface area (Å²) < 4.78 is 7.14. The summed E-state index contributed by atoms with van der Waals surface area (Å²) in [7, 11) is 0. The fourth-order valence-electron chi connectivity index (χ4n) is 2.88. The Hall–Kier alpha value is -3.48. The third-order valence-electron chi connectivity index (χ3n) is 4.17. The number of nitrogens with one attached hydrogen (secondary N) is 1. The van der Waals surface area contributed by atoms with Gasteiger partial charge in [0.05, 0.1) is 11.0 Å². The molecule has 0 spiro atoms. The van der Waals surface area contributed by atoms with Crippen LogP contribution in [0.1, 0.15) is 28.7 Å². The topological polar surface area (TPSA) is 85.8 Å². The van der Waals surface area contributed by atoms with Crippen LogP contribution < -0.4 is 5.32 Å². The summed E-state index contributed by atoms with van der Waals surface area (Å²) in [5.41, 5.74) is 3.06. The van der Waals surface area contributed by atoms with E-state index in [-0.39, 0.29) is 5.91 Å². The second-order valence-corrected chi connectivity index (χ2v) is 5.75. The fraction of sp³-hybridized carbons (Fsp3) is 0.158. The maximum atomic E-state index is 12.4. The maximum Gasteiger partial charge on any atom is 0.273 e. The number of nitrogens with zero attached hydrogens (tertiary/aromatic N) is 4. The van der Waals surface area contributed by atoms with Gasteiger partial charge in [0.2, 0.25) is 0 Å². The molecule has 0 bridgehead atoms. The van der Waals surface area contributed by atoms with Gasteiger partial charge in [0.15, 0.2) is 12.1 Å². The van der Waals surface area contributed by atoms with Crippen LogP contribution in [0.2, 0.25) is 0 Å². The van der Waals surface area contributed by atoms with Crippen LogP contribution in [0.3, 0.4) is 0 Å². The molecule has 0 saturated heterocycles. The Balaban J connectivity index is 1.62. The van der Waals surface area contributed by atoms with Gasteiger partial charge < -0.3 is 9.73 Å². The first-order valence-corrected chi connectivity index (χ1v) is 8.35. The van der Waals surface area contributed by atoms with Crippen molar-refractivity contribution in [1.29, 1.82) is 0 Å². The van der Waals surface area contributed by atoms with Crippen molar-refractivity contribution in [2.75, 3.05) is 0 Å². The molecule has 0 aliphatic rings. The first-order valence-electron chi connectivity index (χ1n) is 8.35. The first kappa shape index (κ1) is 16.0. The molecule has 1 amide bonds. The highest BCUT2D eigenvalue weighted by atomic mass is 16.3. The minimum Gasteiger partial charge on any atom is -0.448 e. The van der Waals surface area contributed by atoms with Crippen LogP contribution in [0.25, 0.3) is 16.9 Å². The molecule has 3 heterocycles. The van der Waals surface area contributed by atoms with E-state index in [1.165, 1.54) is 6.39 Å². The summed E-state index contributed by atoms with van der Waals surface area (Å²) in [6.07, 6.45) is 5.37. The molecule has 7 nitrogen and oxygen atoms in total. The van der Waals surface area contributed by atoms with Gasteiger partial charge in [-0.05, 0) is 18.2 Å². The average Bonchev–Trinajstić information content (AvgIpc) is 3.33. The molecular weight excluding hydrogens is 330 g/mol. The molecule has 7 heteroatoms. The minimum atomic E-state index is -0.263. The number of hydrogen-bond acceptors (Lipinski definition) is 5. The van der Waals surface area contributed by atoms with Crippen molar-refractivity contribution in [2.45, 2.75) is 19.9 Å². The third-order valence-corrected chi connectivity index (χ3v) is 4.17. The molecule has 0 radical (unpaired) electrons. The lowest BCUT2D eigenvalue weighted by atomic mass is 10.2. The fourth-order valence-corrected chi connectivity index (χ4v) is 2.88. The van der Waals surface area contributed by atoms with Crippen molar-refractivity contribution in [3.8, 4) is 5.82 Å². The van der Waals surface area contributed by atoms with Crippen molar-refractivity contribution >= 4 is 16.9 Å². The second-order valence-electron chi connectivity index (χ2n) is 5.75. The van der Waals surface area contributed by atoms with Crippen LogP contribution in [-0.2, 0) is 13.0 Å². The number of aryl methyl sites for hydroxylation is 1. The summed E-state index contributed by atoms with van der Waals surface area (Å²) >= 11 is 0. The molecule has 0 aliphatic heterocycles. The van der Waals surface area contributed by atoms with E-state index in [0.29, 0.717) is 24.4 Å². The molecule has 4 rings (SSSR count). The number of hydrogen-bond donors (Lipinski definition) is 1. The lowest BCUT2D eigenvalue weighted by Crippen LogP contribution is -2.25. The van der Waals surface area contributed by atoms with Gasteiger partial charge in [-0.2, -0.15) is 0 Å². The van der Waals surface area contributed by atoms with Gasteiger partial charge in [-0.25, -0.2) is 15.0 Å². The van der Waals surface area contributed by atoms with Crippen LogP contribution in [0.5, 0.6) is 0 Å². The molecule has 0 fully saturated rings. The zero-order valence-electron chi connectivity index (χ0n) is 14.2. The number of carbonyl (C=O) groups excluding carboxylic acids is 1. The highest BCUT2D eigenvalue weighted by molar-refractivity contribution is 5.93. The van der Waals surface area contributed by atoms with Gasteiger partial charge in [-0.15, -0.1) is 0 Å². The van der Waals surface area contributed by atoms with Crippen molar-refractivity contribution in [2.24, 2.45) is 0 Å². The zero-order chi connectivity index (χ0) is 17.9. The summed E-state index contributed by atoms with van der Waals surface area (Å²) in [6, 6.07) is 11.6. The lowest BCUT2D eigenvalue weighted by molar-refractivity contribution is 0.0944. The van der Waals surface area contributed by atoms with E-state index in [2.05, 4.69) is 20.3 Å². The molecule has 0 saturated carbocycles. The van der Waals surface area contributed by atoms with E-state index >= 15 is 0 Å². The number of amides is 1. The van der Waals surface area contributed by atoms with Crippen molar-refractivity contribution in [3.63, 3.8) is 0 Å². The van der Waals surface area contributed by atoms with Crippen LogP contribution in [0.4, 0.5) is 0 Å². The normalized spacial score (nSPS) is 11.0. The zero-order valence-corrected chi connectivity index (χ0v) is 14.2. The molecule has 130 valence electrons. The van der Waals surface area contributed by atoms with Gasteiger partial charge in [-0.1, -0.05) is 25.1 Å². The van der Waals surface area contributed by atoms with Crippen molar-refractivity contribution < 1.29 is 9.21 Å². The predicted octanol–water partition coefficient (Wildman–Crippen LogP) is 2.90. The number of pyridine rings is 1. The number of fused-ring (bicyclic) bond motifs is 1. The van der Waals surface area contributed by atoms with Gasteiger partial charge in [0, 0.05) is 24.7 Å². The summed E-state index contributed by atoms with van der Waals surface area (Å²) in [4.78, 5) is 25.3. The first-order chi connectivity index (χ1) is 12.8. The third kappa shape index (κ3) is 2.83. The van der Waals surface area contributed by atoms with Gasteiger partial charge in [0.1, 0.15) is 17.9 Å². The average molecular weight is 347 g/mol. The van der Waals surface area contributed by atoms with E-state index in [1.54, 1.807) is 12.5 Å². The Labute approximate surface area is 149 Å². The standard InChI is InChI=1S/C19H17N5O2/c1-2-16-17(23-12-26-16)19(25)21-10-13-6-5-9-20-18(13)24-11-22-14-7-3-4-8-15(14)24/h3-9,11-12H,2,10H2,1H3,(H,21,25). The smallest absolute Gasteiger partial charge is 0.273 e. The van der Waals surface area contributed by atoms with Crippen molar-refractivity contribution in [3.05, 3.63) is 72.3 Å². The quantitative estimate of drug-likeness (QED) is 0.600. The Kier molecular flexibility index (Phi) is 4.18. The number of oxazole rings is 1. The number of aromatic nitrogens is 4. The molecule has 1 N–H and O–H groups in total. The van der Waals surface area contributed by atoms with Crippen LogP contribution >= 0.6 is 0 Å². The number of benzene rings is 1. The van der Waals surface area contributed by atoms with E-state index in [4.69, 9.17) is 4.42 Å². The molecule has 3 aromatic heterocycles. The van der Waals surface area contributed by atoms with Gasteiger partial charge in [0.25, 0.3) is 5.91 Å². The van der Waals surface area contributed by atoms with Gasteiger partial charge in [-0.3, -0.25) is 9.36 Å². The minimum absolute atomic E-state index is 0.263. The molecule has 1 aromatic carbocycles. The molecule has 0 aliphatic carbocycles. The maximum absolute atomic E-state index is 12.4. The monoisotopic (exact) mass is 347 g/mol. The summed E-state index contributed by atoms with van der Waals surface area (Å²) in [5, 5.41) is 2.89. The Morgan fingerprint density at radius 1 is 1.15 bits per heavy atom. The summed E-state index contributed by atoms with van der Waals surface area (Å²) in [5.74, 6) is 1.05. The Bertz CT molecular complexity index is 1070. The van der Waals surface area contributed by atoms with E-state index in [9.17, 15) is 4.79 Å². The predicted molar refractivity (Wildman–Crippen MR) is 95.9 cm³/mol. The number of para-hydroxylation sites is 2. The number of carbonyl (C=O) groups is 1. The van der Waals surface area contributed by atoms with E-state index in [0.717, 1.165) is 22.4 Å². The largest absolute Gasteiger partial charge is 0.448 e. The van der Waals surface area contributed by atoms with Crippen LogP contribution in [0.15, 0.2) is 59.7 Å². The number of rotatable bonds is 5. The number of imidazole rings is 1. The molecule has 26 heavy (non-hydrogen) atoms. The van der Waals surface area contributed by atoms with Crippen LogP contribution in [0, 0.1) is 0 Å². The lowest BCUT2D eigenvalue weighted by Gasteiger charge is -2.11. The van der Waals surface area contributed by atoms with Crippen LogP contribution in [-0.4, -0.2) is 25.4 Å². The highest BCUT2D eigenvalue weighted by Gasteiger charge is 2.16. The molecular formula is C19H17N5O2. The molecule has 0 atom stereocenters. The second kappa shape index (κ2) is 6.79. The Morgan fingerprint density at radius 2 is 2.04 bits per heavy atom. The molecule has 4 aromatic rings. The SMILES string of the molecule is CCc1ocnc1C(=O)NCc1cccnc1-n1cnc2ccccc21.